The van der Waals surface area contributed by atoms with Crippen LogP contribution in [0.4, 0.5) is 0 Å². The Morgan fingerprint density at radius 3 is 2.54 bits per heavy atom. The average Bonchev–Trinajstić information content (AvgIpc) is 3.44. The minimum Gasteiger partial charge on any atom is -0.465 e. The monoisotopic (exact) mass is 362 g/mol. The standard InChI is InChI=1S/C20H30N2O4/c1-5-26-20(24)18(14-25-4)22(17-10-11-17)13-19(23)21(3)12-16-9-7-6-8-15(16)2/h6-9,17-18H,5,10-14H2,1-4H3/t18-/m0/s1. The minimum absolute atomic E-state index is 0.00875. The third-order valence-corrected chi connectivity index (χ3v) is 4.71. The van der Waals surface area contributed by atoms with Gasteiger partial charge in [0, 0.05) is 26.7 Å². The molecule has 1 fully saturated rings. The van der Waals surface area contributed by atoms with Crippen LogP contribution in [0.5, 0.6) is 0 Å². The summed E-state index contributed by atoms with van der Waals surface area (Å²) in [5.41, 5.74) is 2.29. The lowest BCUT2D eigenvalue weighted by Crippen LogP contribution is -2.50. The molecule has 1 aliphatic carbocycles. The summed E-state index contributed by atoms with van der Waals surface area (Å²) in [6.07, 6.45) is 1.99. The highest BCUT2D eigenvalue weighted by Gasteiger charge is 2.39. The normalized spacial score (nSPS) is 15.0. The molecule has 0 saturated heterocycles. The Hall–Kier alpha value is -1.92. The Morgan fingerprint density at radius 2 is 1.96 bits per heavy atom. The molecule has 1 aromatic rings. The number of nitrogens with zero attached hydrogens (tertiary/aromatic N) is 2. The van der Waals surface area contributed by atoms with Crippen molar-refractivity contribution in [1.82, 2.24) is 9.80 Å². The van der Waals surface area contributed by atoms with Gasteiger partial charge in [-0.05, 0) is 37.8 Å². The van der Waals surface area contributed by atoms with E-state index in [1.54, 1.807) is 26.0 Å². The number of hydrogen-bond acceptors (Lipinski definition) is 5. The van der Waals surface area contributed by atoms with E-state index in [0.717, 1.165) is 24.0 Å². The summed E-state index contributed by atoms with van der Waals surface area (Å²) in [5.74, 6) is -0.332. The molecule has 0 spiro atoms. The maximum atomic E-state index is 12.8. The van der Waals surface area contributed by atoms with Gasteiger partial charge >= 0.3 is 5.97 Å². The molecule has 0 bridgehead atoms. The predicted octanol–water partition coefficient (Wildman–Crippen LogP) is 2.00. The van der Waals surface area contributed by atoms with Gasteiger partial charge in [0.1, 0.15) is 6.04 Å². The molecule has 0 aromatic heterocycles. The lowest BCUT2D eigenvalue weighted by Gasteiger charge is -2.30. The van der Waals surface area contributed by atoms with Gasteiger partial charge < -0.3 is 14.4 Å². The summed E-state index contributed by atoms with van der Waals surface area (Å²) < 4.78 is 10.4. The van der Waals surface area contributed by atoms with Crippen molar-refractivity contribution in [2.45, 2.75) is 45.3 Å². The van der Waals surface area contributed by atoms with Crippen molar-refractivity contribution in [2.24, 2.45) is 0 Å². The zero-order chi connectivity index (χ0) is 19.1. The van der Waals surface area contributed by atoms with E-state index in [0.29, 0.717) is 13.2 Å². The van der Waals surface area contributed by atoms with E-state index in [4.69, 9.17) is 9.47 Å². The van der Waals surface area contributed by atoms with Gasteiger partial charge in [-0.25, -0.2) is 0 Å². The fourth-order valence-electron chi connectivity index (χ4n) is 3.00. The molecular weight excluding hydrogens is 332 g/mol. The van der Waals surface area contributed by atoms with Crippen molar-refractivity contribution in [2.75, 3.05) is 33.9 Å². The highest BCUT2D eigenvalue weighted by atomic mass is 16.5. The van der Waals surface area contributed by atoms with Crippen molar-refractivity contribution in [3.8, 4) is 0 Å². The summed E-state index contributed by atoms with van der Waals surface area (Å²) in [6, 6.07) is 7.75. The van der Waals surface area contributed by atoms with E-state index >= 15 is 0 Å². The van der Waals surface area contributed by atoms with Gasteiger partial charge in [-0.2, -0.15) is 0 Å². The SMILES string of the molecule is CCOC(=O)[C@H](COC)N(CC(=O)N(C)Cc1ccccc1C)C1CC1. The zero-order valence-corrected chi connectivity index (χ0v) is 16.2. The molecule has 1 aliphatic rings. The van der Waals surface area contributed by atoms with E-state index in [1.807, 2.05) is 36.1 Å². The number of amides is 1. The van der Waals surface area contributed by atoms with Gasteiger partial charge in [0.15, 0.2) is 0 Å². The predicted molar refractivity (Wildman–Crippen MR) is 99.7 cm³/mol. The number of carbonyl (C=O) groups excluding carboxylic acids is 2. The number of benzene rings is 1. The van der Waals surface area contributed by atoms with Crippen molar-refractivity contribution in [1.29, 1.82) is 0 Å². The second-order valence-electron chi connectivity index (χ2n) is 6.80. The Bertz CT molecular complexity index is 616. The second kappa shape index (κ2) is 9.69. The van der Waals surface area contributed by atoms with Crippen LogP contribution in [0.3, 0.4) is 0 Å². The van der Waals surface area contributed by atoms with Crippen LogP contribution in [0.15, 0.2) is 24.3 Å². The van der Waals surface area contributed by atoms with Crippen molar-refractivity contribution >= 4 is 11.9 Å². The highest BCUT2D eigenvalue weighted by molar-refractivity contribution is 5.80. The number of esters is 1. The molecule has 0 heterocycles. The Morgan fingerprint density at radius 1 is 1.27 bits per heavy atom. The number of hydrogen-bond donors (Lipinski definition) is 0. The molecule has 6 nitrogen and oxygen atoms in total. The molecule has 26 heavy (non-hydrogen) atoms. The molecule has 2 rings (SSSR count). The number of rotatable bonds is 10. The number of aryl methyl sites for hydroxylation is 1. The number of methoxy groups -OCH3 is 1. The van der Waals surface area contributed by atoms with Crippen LogP contribution in [0.25, 0.3) is 0 Å². The van der Waals surface area contributed by atoms with Gasteiger partial charge in [-0.1, -0.05) is 24.3 Å². The van der Waals surface area contributed by atoms with Crippen molar-refractivity contribution in [3.63, 3.8) is 0 Å². The topological polar surface area (TPSA) is 59.1 Å². The van der Waals surface area contributed by atoms with Crippen LogP contribution in [0.2, 0.25) is 0 Å². The summed E-state index contributed by atoms with van der Waals surface area (Å²) in [6.45, 7) is 5.12. The molecule has 0 unspecified atom stereocenters. The first-order valence-corrected chi connectivity index (χ1v) is 9.17. The van der Waals surface area contributed by atoms with Crippen LogP contribution >= 0.6 is 0 Å². The molecule has 0 radical (unpaired) electrons. The zero-order valence-electron chi connectivity index (χ0n) is 16.2. The van der Waals surface area contributed by atoms with Crippen LogP contribution in [0, 0.1) is 6.92 Å². The van der Waals surface area contributed by atoms with E-state index in [1.165, 1.54) is 0 Å². The summed E-state index contributed by atoms with van der Waals surface area (Å²) in [4.78, 5) is 28.8. The van der Waals surface area contributed by atoms with Crippen LogP contribution in [-0.4, -0.2) is 67.7 Å². The maximum absolute atomic E-state index is 12.8. The first kappa shape index (κ1) is 20.4. The summed E-state index contributed by atoms with van der Waals surface area (Å²) >= 11 is 0. The first-order valence-electron chi connectivity index (χ1n) is 9.17. The second-order valence-corrected chi connectivity index (χ2v) is 6.80. The molecule has 6 heteroatoms. The van der Waals surface area contributed by atoms with E-state index in [9.17, 15) is 9.59 Å². The van der Waals surface area contributed by atoms with E-state index in [2.05, 4.69) is 0 Å². The molecule has 1 saturated carbocycles. The quantitative estimate of drug-likeness (QED) is 0.596. The van der Waals surface area contributed by atoms with Crippen molar-refractivity contribution < 1.29 is 19.1 Å². The summed E-state index contributed by atoms with van der Waals surface area (Å²) in [5, 5.41) is 0. The molecule has 0 N–H and O–H groups in total. The Labute approximate surface area is 156 Å². The van der Waals surface area contributed by atoms with Crippen LogP contribution in [-0.2, 0) is 25.6 Å². The summed E-state index contributed by atoms with van der Waals surface area (Å²) in [7, 11) is 3.36. The Kier molecular flexibility index (Phi) is 7.60. The van der Waals surface area contributed by atoms with Crippen LogP contribution < -0.4 is 0 Å². The fraction of sp³-hybridized carbons (Fsp3) is 0.600. The molecule has 1 amide bonds. The maximum Gasteiger partial charge on any atom is 0.325 e. The highest BCUT2D eigenvalue weighted by Crippen LogP contribution is 2.29. The van der Waals surface area contributed by atoms with Gasteiger partial charge in [0.05, 0.1) is 19.8 Å². The molecule has 1 atom stereocenters. The smallest absolute Gasteiger partial charge is 0.325 e. The minimum atomic E-state index is -0.539. The number of likely N-dealkylation sites (N-methyl/N-ethyl adjacent to an activating group) is 1. The lowest BCUT2D eigenvalue weighted by molar-refractivity contribution is -0.153. The molecular formula is C20H30N2O4. The van der Waals surface area contributed by atoms with Gasteiger partial charge in [0.2, 0.25) is 5.91 Å². The van der Waals surface area contributed by atoms with E-state index < -0.39 is 6.04 Å². The fourth-order valence-corrected chi connectivity index (χ4v) is 3.00. The molecule has 144 valence electrons. The third kappa shape index (κ3) is 5.54. The van der Waals surface area contributed by atoms with Gasteiger partial charge in [-0.3, -0.25) is 14.5 Å². The van der Waals surface area contributed by atoms with Gasteiger partial charge in [-0.15, -0.1) is 0 Å². The molecule has 1 aromatic carbocycles. The Balaban J connectivity index is 2.04. The molecule has 0 aliphatic heterocycles. The largest absolute Gasteiger partial charge is 0.465 e. The van der Waals surface area contributed by atoms with Crippen molar-refractivity contribution in [3.05, 3.63) is 35.4 Å². The third-order valence-electron chi connectivity index (χ3n) is 4.71. The average molecular weight is 362 g/mol. The lowest BCUT2D eigenvalue weighted by atomic mass is 10.1. The van der Waals surface area contributed by atoms with E-state index in [-0.39, 0.29) is 31.1 Å². The first-order chi connectivity index (χ1) is 12.5. The van der Waals surface area contributed by atoms with Gasteiger partial charge in [0.25, 0.3) is 0 Å². The number of carbonyl (C=O) groups is 2. The number of ether oxygens (including phenoxy) is 2. The van der Waals surface area contributed by atoms with Crippen LogP contribution in [0.1, 0.15) is 30.9 Å².